The summed E-state index contributed by atoms with van der Waals surface area (Å²) in [7, 11) is 0. The van der Waals surface area contributed by atoms with Gasteiger partial charge in [0.05, 0.1) is 24.2 Å². The van der Waals surface area contributed by atoms with E-state index in [0.29, 0.717) is 6.54 Å². The van der Waals surface area contributed by atoms with Crippen LogP contribution in [0, 0.1) is 5.92 Å². The Morgan fingerprint density at radius 1 is 1.53 bits per heavy atom. The summed E-state index contributed by atoms with van der Waals surface area (Å²) in [4.78, 5) is 10.7. The number of hydrogen-bond acceptors (Lipinski definition) is 2. The summed E-state index contributed by atoms with van der Waals surface area (Å²) in [6.07, 6.45) is 1.75. The van der Waals surface area contributed by atoms with Gasteiger partial charge in [0, 0.05) is 5.39 Å². The van der Waals surface area contributed by atoms with E-state index in [1.54, 1.807) is 17.8 Å². The molecule has 1 atom stereocenters. The number of aliphatic carboxylic acids is 1. The molecule has 1 heterocycles. The number of carboxylic acids is 1. The number of nitrogens with zero attached hydrogens (tertiary/aromatic N) is 2. The highest BCUT2D eigenvalue weighted by atomic mass is 16.4. The van der Waals surface area contributed by atoms with E-state index < -0.39 is 11.9 Å². The van der Waals surface area contributed by atoms with Gasteiger partial charge < -0.3 is 5.11 Å². The fraction of sp³-hybridized carbons (Fsp3) is 0.273. The molecule has 0 fully saturated rings. The summed E-state index contributed by atoms with van der Waals surface area (Å²) >= 11 is 0. The van der Waals surface area contributed by atoms with E-state index in [4.69, 9.17) is 5.11 Å². The average Bonchev–Trinajstić information content (AvgIpc) is 2.62. The van der Waals surface area contributed by atoms with Gasteiger partial charge in [-0.1, -0.05) is 25.1 Å². The van der Waals surface area contributed by atoms with Crippen molar-refractivity contribution >= 4 is 16.9 Å². The van der Waals surface area contributed by atoms with Gasteiger partial charge in [-0.3, -0.25) is 9.48 Å². The van der Waals surface area contributed by atoms with Gasteiger partial charge in [-0.2, -0.15) is 5.10 Å². The van der Waals surface area contributed by atoms with E-state index in [0.717, 1.165) is 10.9 Å². The minimum absolute atomic E-state index is 0.406. The molecule has 1 aromatic carbocycles. The smallest absolute Gasteiger partial charge is 0.308 e. The molecule has 0 aliphatic rings. The second kappa shape index (κ2) is 3.73. The van der Waals surface area contributed by atoms with Crippen LogP contribution >= 0.6 is 0 Å². The van der Waals surface area contributed by atoms with Crippen molar-refractivity contribution in [1.29, 1.82) is 0 Å². The molecular weight excluding hydrogens is 192 g/mol. The van der Waals surface area contributed by atoms with Gasteiger partial charge in [0.15, 0.2) is 0 Å². The minimum atomic E-state index is -0.797. The molecule has 0 spiro atoms. The van der Waals surface area contributed by atoms with Crippen molar-refractivity contribution in [1.82, 2.24) is 9.78 Å². The van der Waals surface area contributed by atoms with Gasteiger partial charge in [-0.25, -0.2) is 0 Å². The summed E-state index contributed by atoms with van der Waals surface area (Å²) in [6, 6.07) is 7.77. The fourth-order valence-corrected chi connectivity index (χ4v) is 1.51. The van der Waals surface area contributed by atoms with Gasteiger partial charge in [-0.05, 0) is 6.07 Å². The molecular formula is C11H12N2O2. The maximum Gasteiger partial charge on any atom is 0.308 e. The van der Waals surface area contributed by atoms with Crippen LogP contribution in [0.2, 0.25) is 0 Å². The first-order chi connectivity index (χ1) is 7.18. The second-order valence-electron chi connectivity index (χ2n) is 3.62. The largest absolute Gasteiger partial charge is 0.481 e. The summed E-state index contributed by atoms with van der Waals surface area (Å²) in [6.45, 7) is 2.08. The average molecular weight is 204 g/mol. The van der Waals surface area contributed by atoms with Gasteiger partial charge in [0.1, 0.15) is 0 Å². The number of rotatable bonds is 3. The third-order valence-electron chi connectivity index (χ3n) is 2.42. The Hall–Kier alpha value is -1.84. The highest BCUT2D eigenvalue weighted by Crippen LogP contribution is 2.14. The summed E-state index contributed by atoms with van der Waals surface area (Å²) in [5, 5.41) is 14.0. The number of aromatic nitrogens is 2. The van der Waals surface area contributed by atoms with Crippen LogP contribution in [0.3, 0.4) is 0 Å². The van der Waals surface area contributed by atoms with Crippen LogP contribution in [0.15, 0.2) is 30.5 Å². The van der Waals surface area contributed by atoms with Crippen molar-refractivity contribution in [2.24, 2.45) is 5.92 Å². The molecule has 4 heteroatoms. The van der Waals surface area contributed by atoms with Crippen LogP contribution in [-0.2, 0) is 11.3 Å². The molecule has 0 saturated carbocycles. The van der Waals surface area contributed by atoms with Gasteiger partial charge in [0.2, 0.25) is 0 Å². The maximum atomic E-state index is 10.7. The second-order valence-corrected chi connectivity index (χ2v) is 3.62. The molecule has 0 radical (unpaired) electrons. The quantitative estimate of drug-likeness (QED) is 0.828. The topological polar surface area (TPSA) is 55.1 Å². The predicted molar refractivity (Wildman–Crippen MR) is 56.5 cm³/mol. The lowest BCUT2D eigenvalue weighted by Crippen LogP contribution is -2.17. The third kappa shape index (κ3) is 1.83. The highest BCUT2D eigenvalue weighted by molar-refractivity contribution is 5.78. The van der Waals surface area contributed by atoms with Gasteiger partial charge >= 0.3 is 5.97 Å². The molecule has 4 nitrogen and oxygen atoms in total. The Bertz CT molecular complexity index is 490. The van der Waals surface area contributed by atoms with E-state index in [2.05, 4.69) is 5.10 Å². The van der Waals surface area contributed by atoms with Crippen molar-refractivity contribution in [2.45, 2.75) is 13.5 Å². The lowest BCUT2D eigenvalue weighted by molar-refractivity contribution is -0.141. The Morgan fingerprint density at radius 2 is 2.27 bits per heavy atom. The zero-order chi connectivity index (χ0) is 10.8. The van der Waals surface area contributed by atoms with E-state index >= 15 is 0 Å². The molecule has 15 heavy (non-hydrogen) atoms. The van der Waals surface area contributed by atoms with E-state index in [1.165, 1.54) is 0 Å². The third-order valence-corrected chi connectivity index (χ3v) is 2.42. The lowest BCUT2D eigenvalue weighted by Gasteiger charge is -2.07. The van der Waals surface area contributed by atoms with Crippen LogP contribution in [0.1, 0.15) is 6.92 Å². The Balaban J connectivity index is 2.32. The molecule has 1 N–H and O–H groups in total. The lowest BCUT2D eigenvalue weighted by atomic mass is 10.2. The number of carboxylic acid groups (broad SMARTS) is 1. The molecule has 2 rings (SSSR count). The van der Waals surface area contributed by atoms with E-state index in [-0.39, 0.29) is 0 Å². The number of benzene rings is 1. The van der Waals surface area contributed by atoms with Gasteiger partial charge in [0.25, 0.3) is 0 Å². The monoisotopic (exact) mass is 204 g/mol. The first-order valence-electron chi connectivity index (χ1n) is 4.82. The molecule has 0 aliphatic heterocycles. The SMILES string of the molecule is C[C@H](Cn1ncc2ccccc21)C(=O)O. The summed E-state index contributed by atoms with van der Waals surface area (Å²) in [5.41, 5.74) is 0.977. The van der Waals surface area contributed by atoms with Crippen LogP contribution in [0.4, 0.5) is 0 Å². The first-order valence-corrected chi connectivity index (χ1v) is 4.82. The van der Waals surface area contributed by atoms with Crippen LogP contribution < -0.4 is 0 Å². The van der Waals surface area contributed by atoms with Crippen LogP contribution in [0.25, 0.3) is 10.9 Å². The molecule has 0 aliphatic carbocycles. The zero-order valence-electron chi connectivity index (χ0n) is 8.42. The summed E-state index contributed by atoms with van der Waals surface area (Å²) in [5.74, 6) is -1.22. The van der Waals surface area contributed by atoms with Crippen molar-refractivity contribution in [3.8, 4) is 0 Å². The first kappa shape index (κ1) is 9.71. The number of para-hydroxylation sites is 1. The molecule has 2 aromatic rings. The Labute approximate surface area is 87.1 Å². The minimum Gasteiger partial charge on any atom is -0.481 e. The molecule has 0 saturated heterocycles. The van der Waals surface area contributed by atoms with Crippen molar-refractivity contribution in [3.63, 3.8) is 0 Å². The summed E-state index contributed by atoms with van der Waals surface area (Å²) < 4.78 is 1.73. The fourth-order valence-electron chi connectivity index (χ4n) is 1.51. The molecule has 0 unspecified atom stereocenters. The standard InChI is InChI=1S/C11H12N2O2/c1-8(11(14)15)7-13-10-5-3-2-4-9(10)6-12-13/h2-6,8H,7H2,1H3,(H,14,15)/t8-/m1/s1. The van der Waals surface area contributed by atoms with Crippen molar-refractivity contribution in [2.75, 3.05) is 0 Å². The van der Waals surface area contributed by atoms with Gasteiger partial charge in [-0.15, -0.1) is 0 Å². The Kier molecular flexibility index (Phi) is 2.41. The van der Waals surface area contributed by atoms with Crippen molar-refractivity contribution in [3.05, 3.63) is 30.5 Å². The Morgan fingerprint density at radius 3 is 3.00 bits per heavy atom. The molecule has 0 bridgehead atoms. The predicted octanol–water partition coefficient (Wildman–Crippen LogP) is 1.76. The number of hydrogen-bond donors (Lipinski definition) is 1. The maximum absolute atomic E-state index is 10.7. The number of fused-ring (bicyclic) bond motifs is 1. The number of carbonyl (C=O) groups is 1. The normalized spacial score (nSPS) is 12.9. The van der Waals surface area contributed by atoms with E-state index in [1.807, 2.05) is 24.3 Å². The van der Waals surface area contributed by atoms with Crippen LogP contribution in [-0.4, -0.2) is 20.9 Å². The van der Waals surface area contributed by atoms with E-state index in [9.17, 15) is 4.79 Å². The zero-order valence-corrected chi connectivity index (χ0v) is 8.42. The molecule has 1 aromatic heterocycles. The van der Waals surface area contributed by atoms with Crippen LogP contribution in [0.5, 0.6) is 0 Å². The highest BCUT2D eigenvalue weighted by Gasteiger charge is 2.13. The molecule has 0 amide bonds. The molecule has 78 valence electrons. The van der Waals surface area contributed by atoms with Crippen molar-refractivity contribution < 1.29 is 9.90 Å².